The molecule has 0 bridgehead atoms. The van der Waals surface area contributed by atoms with Crippen LogP contribution in [0.3, 0.4) is 0 Å². The topological polar surface area (TPSA) is 174 Å². The number of nitrogens with one attached hydrogen (secondary N) is 2. The smallest absolute Gasteiger partial charge is 0.321 e. The van der Waals surface area contributed by atoms with E-state index in [-0.39, 0.29) is 43.3 Å². The lowest BCUT2D eigenvalue weighted by Gasteiger charge is -2.37. The molecule has 0 aromatic heterocycles. The van der Waals surface area contributed by atoms with E-state index in [0.29, 0.717) is 6.42 Å². The van der Waals surface area contributed by atoms with Crippen LogP contribution in [0.1, 0.15) is 54.4 Å². The molecule has 9 nitrogen and oxygen atoms in total. The summed E-state index contributed by atoms with van der Waals surface area (Å²) >= 11 is 0. The van der Waals surface area contributed by atoms with Gasteiger partial charge in [-0.2, -0.15) is 0 Å². The first kappa shape index (κ1) is 26.3. The van der Waals surface area contributed by atoms with Gasteiger partial charge >= 0.3 is 5.97 Å². The van der Waals surface area contributed by atoms with Crippen molar-refractivity contribution in [2.24, 2.45) is 33.9 Å². The lowest BCUT2D eigenvalue weighted by Crippen LogP contribution is -2.56. The van der Waals surface area contributed by atoms with Crippen molar-refractivity contribution in [1.82, 2.24) is 10.6 Å². The standard InChI is InChI=1S/C19H39N5O4/c1-11(2)7-13(15(25)23-12(8-20)9-21)24-17(28)19(5,6)10-18(3,4)14(22)16(26)27/h11-14H,7-10,20-22H2,1-6H3,(H,23,25)(H,24,28)(H,26,27). The highest BCUT2D eigenvalue weighted by Crippen LogP contribution is 2.36. The normalized spacial score (nSPS) is 14.7. The number of nitrogens with two attached hydrogens (primary N) is 3. The SMILES string of the molecule is CC(C)CC(NC(=O)C(C)(C)CC(C)(C)C(N)C(=O)O)C(=O)NC(CN)CN. The van der Waals surface area contributed by atoms with Gasteiger partial charge in [-0.05, 0) is 24.2 Å². The minimum absolute atomic E-state index is 0.172. The van der Waals surface area contributed by atoms with Gasteiger partial charge in [0.05, 0.1) is 6.04 Å². The van der Waals surface area contributed by atoms with Crippen LogP contribution in [0.4, 0.5) is 0 Å². The fourth-order valence-corrected chi connectivity index (χ4v) is 3.24. The molecule has 0 radical (unpaired) electrons. The highest BCUT2D eigenvalue weighted by atomic mass is 16.4. The van der Waals surface area contributed by atoms with E-state index >= 15 is 0 Å². The summed E-state index contributed by atoms with van der Waals surface area (Å²) in [6.45, 7) is 11.2. The second kappa shape index (κ2) is 10.7. The molecule has 0 fully saturated rings. The number of amides is 2. The predicted octanol–water partition coefficient (Wildman–Crippen LogP) is -0.226. The second-order valence-corrected chi connectivity index (χ2v) is 9.20. The summed E-state index contributed by atoms with van der Waals surface area (Å²) in [6.07, 6.45) is 0.692. The monoisotopic (exact) mass is 401 g/mol. The quantitative estimate of drug-likeness (QED) is 0.262. The van der Waals surface area contributed by atoms with Crippen LogP contribution >= 0.6 is 0 Å². The minimum atomic E-state index is -1.12. The Morgan fingerprint density at radius 2 is 1.50 bits per heavy atom. The lowest BCUT2D eigenvalue weighted by atomic mass is 9.70. The van der Waals surface area contributed by atoms with Crippen molar-refractivity contribution in [2.75, 3.05) is 13.1 Å². The van der Waals surface area contributed by atoms with Crippen LogP contribution in [0.25, 0.3) is 0 Å². The van der Waals surface area contributed by atoms with E-state index in [1.54, 1.807) is 27.7 Å². The molecule has 164 valence electrons. The van der Waals surface area contributed by atoms with Gasteiger partial charge in [0.1, 0.15) is 12.1 Å². The van der Waals surface area contributed by atoms with Gasteiger partial charge in [0, 0.05) is 18.5 Å². The number of carbonyl (C=O) groups excluding carboxylic acids is 2. The summed E-state index contributed by atoms with van der Waals surface area (Å²) in [4.78, 5) is 36.8. The Labute approximate surface area is 168 Å². The van der Waals surface area contributed by atoms with E-state index in [0.717, 1.165) is 0 Å². The summed E-state index contributed by atoms with van der Waals surface area (Å²) in [6, 6.07) is -2.20. The first-order chi connectivity index (χ1) is 12.7. The number of carboxylic acid groups (broad SMARTS) is 1. The molecule has 0 aromatic rings. The van der Waals surface area contributed by atoms with Crippen LogP contribution in [-0.4, -0.2) is 54.1 Å². The Morgan fingerprint density at radius 3 is 1.89 bits per heavy atom. The van der Waals surface area contributed by atoms with E-state index < -0.39 is 28.9 Å². The molecule has 0 saturated carbocycles. The van der Waals surface area contributed by atoms with Gasteiger partial charge < -0.3 is 32.9 Å². The molecule has 0 saturated heterocycles. The molecule has 0 rings (SSSR count). The highest BCUT2D eigenvalue weighted by molar-refractivity contribution is 5.90. The molecular weight excluding hydrogens is 362 g/mol. The van der Waals surface area contributed by atoms with Crippen molar-refractivity contribution in [3.05, 3.63) is 0 Å². The number of rotatable bonds is 12. The summed E-state index contributed by atoms with van der Waals surface area (Å²) in [5.41, 5.74) is 15.2. The summed E-state index contributed by atoms with van der Waals surface area (Å²) in [5, 5.41) is 14.8. The summed E-state index contributed by atoms with van der Waals surface area (Å²) < 4.78 is 0. The molecular formula is C19H39N5O4. The number of aliphatic carboxylic acids is 1. The molecule has 2 atom stereocenters. The maximum Gasteiger partial charge on any atom is 0.321 e. The van der Waals surface area contributed by atoms with Gasteiger partial charge in [0.2, 0.25) is 11.8 Å². The van der Waals surface area contributed by atoms with Crippen molar-refractivity contribution in [3.8, 4) is 0 Å². The Bertz CT molecular complexity index is 544. The number of hydrogen-bond donors (Lipinski definition) is 6. The average molecular weight is 402 g/mol. The van der Waals surface area contributed by atoms with Gasteiger partial charge in [0.15, 0.2) is 0 Å². The Kier molecular flexibility index (Phi) is 10.1. The van der Waals surface area contributed by atoms with Crippen molar-refractivity contribution < 1.29 is 19.5 Å². The van der Waals surface area contributed by atoms with E-state index in [1.165, 1.54) is 0 Å². The third kappa shape index (κ3) is 8.12. The van der Waals surface area contributed by atoms with E-state index in [9.17, 15) is 19.5 Å². The molecule has 9 N–H and O–H groups in total. The Balaban J connectivity index is 5.32. The third-order valence-electron chi connectivity index (χ3n) is 4.86. The number of carbonyl (C=O) groups is 3. The van der Waals surface area contributed by atoms with Crippen molar-refractivity contribution in [3.63, 3.8) is 0 Å². The van der Waals surface area contributed by atoms with Crippen molar-refractivity contribution in [1.29, 1.82) is 0 Å². The van der Waals surface area contributed by atoms with Crippen LogP contribution in [0.5, 0.6) is 0 Å². The van der Waals surface area contributed by atoms with Crippen LogP contribution in [0.15, 0.2) is 0 Å². The molecule has 0 aliphatic heterocycles. The number of hydrogen-bond acceptors (Lipinski definition) is 6. The molecule has 2 unspecified atom stereocenters. The Morgan fingerprint density at radius 1 is 1.00 bits per heavy atom. The van der Waals surface area contributed by atoms with Gasteiger partial charge in [-0.15, -0.1) is 0 Å². The van der Waals surface area contributed by atoms with Crippen molar-refractivity contribution in [2.45, 2.75) is 72.5 Å². The molecule has 2 amide bonds. The highest BCUT2D eigenvalue weighted by Gasteiger charge is 2.41. The van der Waals surface area contributed by atoms with E-state index in [1.807, 2.05) is 13.8 Å². The fraction of sp³-hybridized carbons (Fsp3) is 0.842. The molecule has 9 heteroatoms. The second-order valence-electron chi connectivity index (χ2n) is 9.20. The molecule has 0 aromatic carbocycles. The third-order valence-corrected chi connectivity index (χ3v) is 4.86. The minimum Gasteiger partial charge on any atom is -0.480 e. The zero-order valence-electron chi connectivity index (χ0n) is 18.0. The van der Waals surface area contributed by atoms with Gasteiger partial charge in [-0.3, -0.25) is 14.4 Å². The maximum absolute atomic E-state index is 12.9. The molecule has 28 heavy (non-hydrogen) atoms. The average Bonchev–Trinajstić information content (AvgIpc) is 2.56. The molecule has 0 heterocycles. The molecule has 0 aliphatic carbocycles. The largest absolute Gasteiger partial charge is 0.480 e. The van der Waals surface area contributed by atoms with Crippen LogP contribution in [0.2, 0.25) is 0 Å². The van der Waals surface area contributed by atoms with Crippen LogP contribution in [-0.2, 0) is 14.4 Å². The van der Waals surface area contributed by atoms with Crippen LogP contribution < -0.4 is 27.8 Å². The Hall–Kier alpha value is -1.71. The van der Waals surface area contributed by atoms with Crippen molar-refractivity contribution >= 4 is 17.8 Å². The summed E-state index contributed by atoms with van der Waals surface area (Å²) in [5.74, 6) is -1.62. The molecule has 0 aliphatic rings. The maximum atomic E-state index is 12.9. The zero-order chi connectivity index (χ0) is 22.3. The van der Waals surface area contributed by atoms with Gasteiger partial charge in [-0.25, -0.2) is 0 Å². The fourth-order valence-electron chi connectivity index (χ4n) is 3.24. The lowest BCUT2D eigenvalue weighted by molar-refractivity contribution is -0.143. The first-order valence-electron chi connectivity index (χ1n) is 9.67. The van der Waals surface area contributed by atoms with E-state index in [2.05, 4.69) is 10.6 Å². The van der Waals surface area contributed by atoms with Crippen LogP contribution in [0, 0.1) is 16.7 Å². The zero-order valence-corrected chi connectivity index (χ0v) is 18.0. The van der Waals surface area contributed by atoms with Gasteiger partial charge in [-0.1, -0.05) is 41.5 Å². The predicted molar refractivity (Wildman–Crippen MR) is 109 cm³/mol. The number of carboxylic acids is 1. The molecule has 0 spiro atoms. The van der Waals surface area contributed by atoms with Gasteiger partial charge in [0.25, 0.3) is 0 Å². The van der Waals surface area contributed by atoms with E-state index in [4.69, 9.17) is 17.2 Å². The summed E-state index contributed by atoms with van der Waals surface area (Å²) in [7, 11) is 0. The first-order valence-corrected chi connectivity index (χ1v) is 9.67.